The summed E-state index contributed by atoms with van der Waals surface area (Å²) in [7, 11) is 0. The molecule has 3 rings (SSSR count). The first kappa shape index (κ1) is 19.1. The van der Waals surface area contributed by atoms with Crippen molar-refractivity contribution in [3.8, 4) is 11.3 Å². The highest BCUT2D eigenvalue weighted by Crippen LogP contribution is 2.31. The van der Waals surface area contributed by atoms with Gasteiger partial charge in [0, 0.05) is 21.2 Å². The molecule has 3 aromatic rings. The van der Waals surface area contributed by atoms with Crippen LogP contribution >= 0.6 is 23.2 Å². The lowest BCUT2D eigenvalue weighted by Gasteiger charge is -2.10. The lowest BCUT2D eigenvalue weighted by molar-refractivity contribution is -0.141. The van der Waals surface area contributed by atoms with Crippen LogP contribution in [0.1, 0.15) is 11.3 Å². The average molecular weight is 411 g/mol. The Labute approximate surface area is 162 Å². The number of rotatable bonds is 4. The smallest absolute Gasteiger partial charge is 0.245 e. The molecule has 27 heavy (non-hydrogen) atoms. The number of nitrogens with zero attached hydrogens (tertiary/aromatic N) is 3. The molecule has 0 unspecified atom stereocenters. The van der Waals surface area contributed by atoms with Gasteiger partial charge in [0.05, 0.1) is 11.9 Å². The number of alkyl halides is 3. The summed E-state index contributed by atoms with van der Waals surface area (Å²) < 4.78 is 39.5. The van der Waals surface area contributed by atoms with Crippen molar-refractivity contribution in [3.63, 3.8) is 0 Å². The lowest BCUT2D eigenvalue weighted by atomic mass is 10.1. The van der Waals surface area contributed by atoms with Gasteiger partial charge in [-0.3, -0.25) is 0 Å². The van der Waals surface area contributed by atoms with Crippen molar-refractivity contribution in [1.29, 1.82) is 0 Å². The molecule has 0 saturated heterocycles. The number of hydrazone groups is 1. The Kier molecular flexibility index (Phi) is 5.62. The van der Waals surface area contributed by atoms with Crippen LogP contribution in [-0.2, 0) is 6.18 Å². The highest BCUT2D eigenvalue weighted by atomic mass is 35.5. The van der Waals surface area contributed by atoms with E-state index in [2.05, 4.69) is 20.5 Å². The summed E-state index contributed by atoms with van der Waals surface area (Å²) in [6, 6.07) is 14.0. The lowest BCUT2D eigenvalue weighted by Crippen LogP contribution is -2.11. The summed E-state index contributed by atoms with van der Waals surface area (Å²) in [4.78, 5) is 7.57. The monoisotopic (exact) mass is 410 g/mol. The Morgan fingerprint density at radius 1 is 0.963 bits per heavy atom. The van der Waals surface area contributed by atoms with Crippen LogP contribution in [0.25, 0.3) is 11.3 Å². The molecule has 9 heteroatoms. The number of aromatic nitrogens is 2. The van der Waals surface area contributed by atoms with Gasteiger partial charge in [-0.25, -0.2) is 15.4 Å². The normalized spacial score (nSPS) is 11.7. The fourth-order valence-corrected chi connectivity index (χ4v) is 2.46. The molecule has 0 radical (unpaired) electrons. The van der Waals surface area contributed by atoms with Crippen LogP contribution in [0.4, 0.5) is 19.1 Å². The molecule has 0 aliphatic heterocycles. The number of anilines is 1. The van der Waals surface area contributed by atoms with E-state index < -0.39 is 11.9 Å². The Morgan fingerprint density at radius 3 is 2.33 bits per heavy atom. The van der Waals surface area contributed by atoms with Crippen LogP contribution in [0, 0.1) is 0 Å². The van der Waals surface area contributed by atoms with Gasteiger partial charge < -0.3 is 0 Å². The SMILES string of the molecule is FC(F)(F)c1cc(-c2ccc(Cl)cc2)nc(NN=Cc2ccccc2Cl)n1. The van der Waals surface area contributed by atoms with Gasteiger partial charge >= 0.3 is 6.18 Å². The van der Waals surface area contributed by atoms with Gasteiger partial charge in [0.2, 0.25) is 5.95 Å². The van der Waals surface area contributed by atoms with Gasteiger partial charge in [-0.1, -0.05) is 53.5 Å². The van der Waals surface area contributed by atoms with Crippen LogP contribution in [0.2, 0.25) is 10.0 Å². The zero-order valence-corrected chi connectivity index (χ0v) is 15.0. The van der Waals surface area contributed by atoms with Crippen LogP contribution in [0.15, 0.2) is 59.7 Å². The van der Waals surface area contributed by atoms with Gasteiger partial charge in [-0.2, -0.15) is 18.3 Å². The van der Waals surface area contributed by atoms with E-state index in [-0.39, 0.29) is 11.6 Å². The zero-order chi connectivity index (χ0) is 19.4. The summed E-state index contributed by atoms with van der Waals surface area (Å²) in [5.41, 5.74) is 2.48. The van der Waals surface area contributed by atoms with E-state index >= 15 is 0 Å². The molecule has 0 amide bonds. The molecule has 4 nitrogen and oxygen atoms in total. The quantitative estimate of drug-likeness (QED) is 0.429. The van der Waals surface area contributed by atoms with E-state index in [9.17, 15) is 13.2 Å². The molecule has 1 aromatic heterocycles. The molecular weight excluding hydrogens is 400 g/mol. The highest BCUT2D eigenvalue weighted by Gasteiger charge is 2.33. The van der Waals surface area contributed by atoms with Gasteiger partial charge in [-0.15, -0.1) is 0 Å². The molecule has 0 bridgehead atoms. The van der Waals surface area contributed by atoms with E-state index in [0.717, 1.165) is 6.07 Å². The zero-order valence-electron chi connectivity index (χ0n) is 13.5. The minimum Gasteiger partial charge on any atom is -0.245 e. The molecule has 0 aliphatic carbocycles. The summed E-state index contributed by atoms with van der Waals surface area (Å²) >= 11 is 11.8. The second-order valence-corrected chi connectivity index (χ2v) is 6.20. The van der Waals surface area contributed by atoms with E-state index in [0.29, 0.717) is 21.2 Å². The first-order chi connectivity index (χ1) is 12.8. The average Bonchev–Trinajstić information content (AvgIpc) is 2.63. The second kappa shape index (κ2) is 7.94. The van der Waals surface area contributed by atoms with E-state index in [4.69, 9.17) is 23.2 Å². The predicted octanol–water partition coefficient (Wildman–Crippen LogP) is 5.92. The van der Waals surface area contributed by atoms with Crippen LogP contribution < -0.4 is 5.43 Å². The Hall–Kier alpha value is -2.64. The molecule has 1 N–H and O–H groups in total. The Balaban J connectivity index is 1.93. The first-order valence-corrected chi connectivity index (χ1v) is 8.34. The van der Waals surface area contributed by atoms with Crippen LogP contribution in [0.3, 0.4) is 0 Å². The van der Waals surface area contributed by atoms with Crippen LogP contribution in [0.5, 0.6) is 0 Å². The third-order valence-electron chi connectivity index (χ3n) is 3.43. The minimum atomic E-state index is -4.63. The predicted molar refractivity (Wildman–Crippen MR) is 100 cm³/mol. The minimum absolute atomic E-state index is 0.0874. The topological polar surface area (TPSA) is 50.2 Å². The third kappa shape index (κ3) is 4.96. The maximum Gasteiger partial charge on any atom is 0.433 e. The number of hydrogen-bond acceptors (Lipinski definition) is 4. The molecule has 0 saturated carbocycles. The van der Waals surface area contributed by atoms with Crippen LogP contribution in [-0.4, -0.2) is 16.2 Å². The number of hydrogen-bond donors (Lipinski definition) is 1. The van der Waals surface area contributed by atoms with Gasteiger partial charge in [0.25, 0.3) is 0 Å². The molecule has 0 atom stereocenters. The molecular formula is C18H11Cl2F3N4. The molecule has 0 aliphatic rings. The maximum absolute atomic E-state index is 13.2. The van der Waals surface area contributed by atoms with E-state index in [1.54, 1.807) is 48.5 Å². The van der Waals surface area contributed by atoms with Crippen molar-refractivity contribution in [3.05, 3.63) is 75.9 Å². The largest absolute Gasteiger partial charge is 0.433 e. The Bertz CT molecular complexity index is 973. The molecule has 0 fully saturated rings. The maximum atomic E-state index is 13.2. The fraction of sp³-hybridized carbons (Fsp3) is 0.0556. The van der Waals surface area contributed by atoms with Crippen molar-refractivity contribution in [1.82, 2.24) is 9.97 Å². The third-order valence-corrected chi connectivity index (χ3v) is 4.03. The molecule has 1 heterocycles. The second-order valence-electron chi connectivity index (χ2n) is 5.36. The van der Waals surface area contributed by atoms with Gasteiger partial charge in [-0.05, 0) is 24.3 Å². The summed E-state index contributed by atoms with van der Waals surface area (Å²) in [6.45, 7) is 0. The Morgan fingerprint density at radius 2 is 1.67 bits per heavy atom. The summed E-state index contributed by atoms with van der Waals surface area (Å²) in [6.07, 6.45) is -3.26. The van der Waals surface area contributed by atoms with Crippen molar-refractivity contribution < 1.29 is 13.2 Å². The standard InChI is InChI=1S/C18H11Cl2F3N4/c19-13-7-5-11(6-8-13)15-9-16(18(21,22)23)26-17(25-15)27-24-10-12-3-1-2-4-14(12)20/h1-10H,(H,25,26,27). The van der Waals surface area contributed by atoms with Crippen molar-refractivity contribution >= 4 is 35.4 Å². The van der Waals surface area contributed by atoms with Gasteiger partial charge in [0.1, 0.15) is 0 Å². The molecule has 0 spiro atoms. The number of nitrogens with one attached hydrogen (secondary N) is 1. The fourth-order valence-electron chi connectivity index (χ4n) is 2.15. The number of benzene rings is 2. The van der Waals surface area contributed by atoms with Crippen molar-refractivity contribution in [2.24, 2.45) is 5.10 Å². The van der Waals surface area contributed by atoms with E-state index in [1.165, 1.54) is 6.21 Å². The summed E-state index contributed by atoms with van der Waals surface area (Å²) in [5.74, 6) is -0.293. The highest BCUT2D eigenvalue weighted by molar-refractivity contribution is 6.33. The number of halogens is 5. The molecule has 2 aromatic carbocycles. The molecule has 138 valence electrons. The van der Waals surface area contributed by atoms with Gasteiger partial charge in [0.15, 0.2) is 5.69 Å². The van der Waals surface area contributed by atoms with E-state index in [1.807, 2.05) is 0 Å². The first-order valence-electron chi connectivity index (χ1n) is 7.59. The van der Waals surface area contributed by atoms with Crippen molar-refractivity contribution in [2.45, 2.75) is 6.18 Å². The van der Waals surface area contributed by atoms with Crippen molar-refractivity contribution in [2.75, 3.05) is 5.43 Å². The summed E-state index contributed by atoms with van der Waals surface area (Å²) in [5, 5.41) is 4.79.